The van der Waals surface area contributed by atoms with Crippen molar-refractivity contribution in [2.45, 2.75) is 141 Å². The van der Waals surface area contributed by atoms with Gasteiger partial charge in [-0.05, 0) is 38.8 Å². The fraction of sp³-hybridized carbons (Fsp3) is 0.500. The van der Waals surface area contributed by atoms with Crippen molar-refractivity contribution in [1.82, 2.24) is 4.90 Å². The molecule has 1 atom stereocenters. The molecule has 0 aliphatic heterocycles. The number of benzene rings is 4. The molecule has 384 valence electrons. The Balaban J connectivity index is 1.86. The van der Waals surface area contributed by atoms with E-state index in [1.807, 2.05) is 13.8 Å². The maximum Gasteiger partial charge on any atom is 0.200 e. The van der Waals surface area contributed by atoms with Gasteiger partial charge in [0.2, 0.25) is 23.3 Å². The normalized spacial score (nSPS) is 12.6. The minimum atomic E-state index is -4.69. The van der Waals surface area contributed by atoms with E-state index in [2.05, 4.69) is 0 Å². The predicted octanol–water partition coefficient (Wildman–Crippen LogP) is 16.9. The van der Waals surface area contributed by atoms with Crippen LogP contribution in [0.5, 0.6) is 0 Å². The van der Waals surface area contributed by atoms with E-state index in [0.29, 0.717) is 25.7 Å². The van der Waals surface area contributed by atoms with Crippen molar-refractivity contribution in [3.63, 3.8) is 0 Å². The molecule has 0 spiro atoms. The summed E-state index contributed by atoms with van der Waals surface area (Å²) < 4.78 is 303. The van der Waals surface area contributed by atoms with Gasteiger partial charge >= 0.3 is 0 Å². The van der Waals surface area contributed by atoms with Crippen LogP contribution in [0, 0.1) is 116 Å². The van der Waals surface area contributed by atoms with Gasteiger partial charge in [-0.15, -0.1) is 0 Å². The molecule has 21 heteroatoms. The highest BCUT2D eigenvalue weighted by molar-refractivity contribution is 5.54. The summed E-state index contributed by atoms with van der Waals surface area (Å²) in [4.78, 5) is 1.51. The van der Waals surface area contributed by atoms with Gasteiger partial charge < -0.3 is 0 Å². The zero-order valence-corrected chi connectivity index (χ0v) is 37.2. The second-order valence-electron chi connectivity index (χ2n) is 16.8. The van der Waals surface area contributed by atoms with Crippen LogP contribution in [-0.2, 0) is 5.41 Å². The van der Waals surface area contributed by atoms with Gasteiger partial charge in [-0.1, -0.05) is 104 Å². The molecular formula is C48H47F20N. The van der Waals surface area contributed by atoms with Crippen LogP contribution in [0.4, 0.5) is 87.8 Å². The molecule has 0 saturated carbocycles. The average molecular weight is 1020 g/mol. The van der Waals surface area contributed by atoms with Crippen molar-refractivity contribution in [2.75, 3.05) is 13.1 Å². The number of rotatable bonds is 26. The Morgan fingerprint density at radius 1 is 0.290 bits per heavy atom. The lowest BCUT2D eigenvalue weighted by atomic mass is 9.65. The Morgan fingerprint density at radius 3 is 0.855 bits per heavy atom. The molecular weight excluding hydrogens is 970 g/mol. The van der Waals surface area contributed by atoms with E-state index < -0.39 is 182 Å². The molecule has 0 bridgehead atoms. The van der Waals surface area contributed by atoms with Crippen molar-refractivity contribution < 1.29 is 87.8 Å². The molecule has 0 saturated heterocycles. The van der Waals surface area contributed by atoms with Crippen molar-refractivity contribution in [3.8, 4) is 0 Å². The number of hydrogen-bond donors (Lipinski definition) is 0. The lowest BCUT2D eigenvalue weighted by molar-refractivity contribution is 0.165. The summed E-state index contributed by atoms with van der Waals surface area (Å²) >= 11 is 0. The molecule has 4 aromatic rings. The second kappa shape index (κ2) is 25.0. The minimum Gasteiger partial charge on any atom is -0.296 e. The summed E-state index contributed by atoms with van der Waals surface area (Å²) in [5.41, 5.74) is -14.3. The number of halogens is 20. The summed E-state index contributed by atoms with van der Waals surface area (Å²) in [6, 6.07) is -1.57. The second-order valence-corrected chi connectivity index (χ2v) is 16.8. The Bertz CT molecular complexity index is 2140. The highest BCUT2D eigenvalue weighted by atomic mass is 19.2. The zero-order valence-electron chi connectivity index (χ0n) is 37.2. The Kier molecular flexibility index (Phi) is 20.7. The molecule has 0 aliphatic carbocycles. The fourth-order valence-corrected chi connectivity index (χ4v) is 8.81. The molecule has 1 nitrogen and oxygen atoms in total. The SMILES string of the molecule is CCCCCCCCN(CCCCCCCC)C(CCCCCCC(c1c(F)c(F)c(F)c(F)c1F)(c1c(F)c(F)c(F)c(F)c1F)c1c(F)c(F)c(F)c(F)c1F)c1c(F)c(F)c(F)c(F)c1F. The predicted molar refractivity (Wildman–Crippen MR) is 214 cm³/mol. The molecule has 1 unspecified atom stereocenters. The average Bonchev–Trinajstić information content (AvgIpc) is 3.33. The summed E-state index contributed by atoms with van der Waals surface area (Å²) in [6.45, 7) is 4.11. The first-order chi connectivity index (χ1) is 32.6. The van der Waals surface area contributed by atoms with Crippen molar-refractivity contribution >= 4 is 0 Å². The van der Waals surface area contributed by atoms with E-state index >= 15 is 35.1 Å². The minimum absolute atomic E-state index is 0.0829. The fourth-order valence-electron chi connectivity index (χ4n) is 8.81. The van der Waals surface area contributed by atoms with Crippen molar-refractivity contribution in [3.05, 3.63) is 139 Å². The van der Waals surface area contributed by atoms with E-state index in [-0.39, 0.29) is 19.5 Å². The first-order valence-corrected chi connectivity index (χ1v) is 22.4. The van der Waals surface area contributed by atoms with Crippen LogP contribution in [-0.4, -0.2) is 18.0 Å². The van der Waals surface area contributed by atoms with Gasteiger partial charge in [-0.25, -0.2) is 87.8 Å². The van der Waals surface area contributed by atoms with E-state index in [1.165, 1.54) is 4.90 Å². The third kappa shape index (κ3) is 11.6. The number of hydrogen-bond acceptors (Lipinski definition) is 1. The number of nitrogens with zero attached hydrogens (tertiary/aromatic N) is 1. The number of unbranched alkanes of at least 4 members (excludes halogenated alkanes) is 13. The van der Waals surface area contributed by atoms with Gasteiger partial charge in [-0.3, -0.25) is 4.90 Å². The van der Waals surface area contributed by atoms with E-state index in [1.54, 1.807) is 0 Å². The quantitative estimate of drug-likeness (QED) is 0.0199. The largest absolute Gasteiger partial charge is 0.296 e. The molecule has 4 aromatic carbocycles. The molecule has 4 rings (SSSR count). The van der Waals surface area contributed by atoms with E-state index in [4.69, 9.17) is 0 Å². The molecule has 0 aromatic heterocycles. The molecule has 0 aliphatic rings. The van der Waals surface area contributed by atoms with Gasteiger partial charge in [0.05, 0.1) is 5.41 Å². The topological polar surface area (TPSA) is 3.24 Å². The highest BCUT2D eigenvalue weighted by Crippen LogP contribution is 2.52. The molecule has 0 fully saturated rings. The summed E-state index contributed by atoms with van der Waals surface area (Å²) in [5, 5.41) is 0. The van der Waals surface area contributed by atoms with Gasteiger partial charge in [0.25, 0.3) is 0 Å². The standard InChI is InChI=1S/C48H47F20N/c1-3-5-7-9-13-17-21-69(22-18-14-10-8-6-4-2)23(24-28(49)36(57)44(65)37(58)29(24)50)19-15-11-12-16-20-48(25-30(51)38(59)45(66)39(60)31(25)52,26-32(53)40(61)46(67)41(62)33(26)54)27-34(55)42(63)47(68)43(64)35(27)56/h23H,3-22H2,1-2H3. The van der Waals surface area contributed by atoms with Crippen LogP contribution in [0.3, 0.4) is 0 Å². The lowest BCUT2D eigenvalue weighted by Crippen LogP contribution is -2.39. The summed E-state index contributed by atoms with van der Waals surface area (Å²) in [6.07, 6.45) is 3.80. The molecule has 0 N–H and O–H groups in total. The Labute approximate surface area is 384 Å². The Hall–Kier alpha value is -4.56. The van der Waals surface area contributed by atoms with Crippen LogP contribution in [0.1, 0.15) is 158 Å². The van der Waals surface area contributed by atoms with Crippen molar-refractivity contribution in [2.24, 2.45) is 0 Å². The molecule has 0 heterocycles. The van der Waals surface area contributed by atoms with Crippen LogP contribution in [0.25, 0.3) is 0 Å². The maximum absolute atomic E-state index is 15.9. The van der Waals surface area contributed by atoms with E-state index in [0.717, 1.165) is 51.4 Å². The first kappa shape index (κ1) is 57.0. The van der Waals surface area contributed by atoms with Crippen LogP contribution >= 0.6 is 0 Å². The highest BCUT2D eigenvalue weighted by Gasteiger charge is 2.53. The van der Waals surface area contributed by atoms with Crippen LogP contribution < -0.4 is 0 Å². The molecule has 69 heavy (non-hydrogen) atoms. The zero-order chi connectivity index (χ0) is 51.7. The molecule has 0 radical (unpaired) electrons. The molecule has 0 amide bonds. The summed E-state index contributed by atoms with van der Waals surface area (Å²) in [7, 11) is 0. The lowest BCUT2D eigenvalue weighted by Gasteiger charge is -2.37. The van der Waals surface area contributed by atoms with Gasteiger partial charge in [0.1, 0.15) is 0 Å². The summed E-state index contributed by atoms with van der Waals surface area (Å²) in [5.74, 6) is -58.2. The first-order valence-electron chi connectivity index (χ1n) is 22.4. The smallest absolute Gasteiger partial charge is 0.200 e. The van der Waals surface area contributed by atoms with E-state index in [9.17, 15) is 52.7 Å². The Morgan fingerprint density at radius 2 is 0.536 bits per heavy atom. The third-order valence-electron chi connectivity index (χ3n) is 12.3. The van der Waals surface area contributed by atoms with Crippen LogP contribution in [0.15, 0.2) is 0 Å². The monoisotopic (exact) mass is 1020 g/mol. The third-order valence-corrected chi connectivity index (χ3v) is 12.3. The van der Waals surface area contributed by atoms with Gasteiger partial charge in [0, 0.05) is 28.3 Å². The van der Waals surface area contributed by atoms with Crippen LogP contribution in [0.2, 0.25) is 0 Å². The van der Waals surface area contributed by atoms with Gasteiger partial charge in [0.15, 0.2) is 93.1 Å². The maximum atomic E-state index is 15.9. The van der Waals surface area contributed by atoms with Crippen molar-refractivity contribution in [1.29, 1.82) is 0 Å². The van der Waals surface area contributed by atoms with Gasteiger partial charge in [-0.2, -0.15) is 0 Å².